The summed E-state index contributed by atoms with van der Waals surface area (Å²) in [7, 11) is 0. The molecule has 0 aromatic rings. The van der Waals surface area contributed by atoms with E-state index in [4.69, 9.17) is 8.47 Å². The lowest BCUT2D eigenvalue weighted by Gasteiger charge is -2.02. The SMILES string of the molecule is C=CC1CC1C(=O)NOSOC1CC1. The molecule has 0 aromatic carbocycles. The van der Waals surface area contributed by atoms with Crippen LogP contribution in [-0.4, -0.2) is 12.0 Å². The Morgan fingerprint density at radius 2 is 2.36 bits per heavy atom. The molecule has 78 valence electrons. The molecule has 2 aliphatic rings. The van der Waals surface area contributed by atoms with Crippen LogP contribution in [0.3, 0.4) is 0 Å². The van der Waals surface area contributed by atoms with E-state index in [1.165, 1.54) is 0 Å². The van der Waals surface area contributed by atoms with Crippen molar-refractivity contribution in [3.63, 3.8) is 0 Å². The Labute approximate surface area is 87.4 Å². The normalized spacial score (nSPS) is 29.7. The maximum absolute atomic E-state index is 11.3. The molecule has 1 N–H and O–H groups in total. The van der Waals surface area contributed by atoms with Gasteiger partial charge in [-0.3, -0.25) is 8.98 Å². The van der Waals surface area contributed by atoms with Crippen molar-refractivity contribution in [3.8, 4) is 0 Å². The Morgan fingerprint density at radius 3 is 2.93 bits per heavy atom. The van der Waals surface area contributed by atoms with Gasteiger partial charge in [0.15, 0.2) is 12.3 Å². The van der Waals surface area contributed by atoms with Gasteiger partial charge in [-0.2, -0.15) is 4.28 Å². The number of allylic oxidation sites excluding steroid dienone is 1. The summed E-state index contributed by atoms with van der Waals surface area (Å²) in [6, 6.07) is 0. The molecule has 0 saturated heterocycles. The van der Waals surface area contributed by atoms with E-state index in [1.54, 1.807) is 6.08 Å². The maximum atomic E-state index is 11.3. The van der Waals surface area contributed by atoms with E-state index in [1.807, 2.05) is 0 Å². The highest BCUT2D eigenvalue weighted by molar-refractivity contribution is 7.89. The van der Waals surface area contributed by atoms with Crippen molar-refractivity contribution in [1.82, 2.24) is 5.48 Å². The van der Waals surface area contributed by atoms with E-state index in [9.17, 15) is 4.79 Å². The van der Waals surface area contributed by atoms with Crippen LogP contribution >= 0.6 is 12.3 Å². The first-order chi connectivity index (χ1) is 6.81. The maximum Gasteiger partial charge on any atom is 0.248 e. The van der Waals surface area contributed by atoms with Gasteiger partial charge in [0.25, 0.3) is 0 Å². The van der Waals surface area contributed by atoms with Crippen molar-refractivity contribution in [2.75, 3.05) is 0 Å². The average molecular weight is 215 g/mol. The van der Waals surface area contributed by atoms with Crippen LogP contribution in [0.2, 0.25) is 0 Å². The fraction of sp³-hybridized carbons (Fsp3) is 0.667. The van der Waals surface area contributed by atoms with Crippen LogP contribution in [0.5, 0.6) is 0 Å². The number of hydroxylamine groups is 1. The third-order valence-electron chi connectivity index (χ3n) is 2.36. The number of hydrogen-bond acceptors (Lipinski definition) is 4. The minimum atomic E-state index is -0.0817. The van der Waals surface area contributed by atoms with E-state index < -0.39 is 0 Å². The lowest BCUT2D eigenvalue weighted by molar-refractivity contribution is -0.128. The molecule has 14 heavy (non-hydrogen) atoms. The van der Waals surface area contributed by atoms with E-state index >= 15 is 0 Å². The Morgan fingerprint density at radius 1 is 1.57 bits per heavy atom. The average Bonchev–Trinajstić information content (AvgIpc) is 3.02. The molecule has 1 amide bonds. The zero-order chi connectivity index (χ0) is 9.97. The summed E-state index contributed by atoms with van der Waals surface area (Å²) >= 11 is 0.848. The van der Waals surface area contributed by atoms with Crippen LogP contribution in [0.4, 0.5) is 0 Å². The predicted molar refractivity (Wildman–Crippen MR) is 52.7 cm³/mol. The highest BCUT2D eigenvalue weighted by atomic mass is 32.2. The second kappa shape index (κ2) is 4.33. The minimum Gasteiger partial charge on any atom is -0.286 e. The van der Waals surface area contributed by atoms with Gasteiger partial charge in [-0.15, -0.1) is 6.58 Å². The van der Waals surface area contributed by atoms with Crippen molar-refractivity contribution in [2.45, 2.75) is 25.4 Å². The molecule has 2 atom stereocenters. The lowest BCUT2D eigenvalue weighted by Crippen LogP contribution is -2.23. The van der Waals surface area contributed by atoms with Crippen molar-refractivity contribution in [3.05, 3.63) is 12.7 Å². The van der Waals surface area contributed by atoms with Crippen LogP contribution < -0.4 is 5.48 Å². The number of nitrogens with one attached hydrogen (secondary N) is 1. The molecule has 0 heterocycles. The van der Waals surface area contributed by atoms with E-state index in [0.717, 1.165) is 31.6 Å². The summed E-state index contributed by atoms with van der Waals surface area (Å²) < 4.78 is 9.92. The number of rotatable bonds is 6. The molecule has 0 aliphatic heterocycles. The highest BCUT2D eigenvalue weighted by Crippen LogP contribution is 2.39. The zero-order valence-electron chi connectivity index (χ0n) is 7.77. The quantitative estimate of drug-likeness (QED) is 0.316. The first-order valence-corrected chi connectivity index (χ1v) is 5.39. The Kier molecular flexibility index (Phi) is 3.10. The number of carbonyl (C=O) groups is 1. The van der Waals surface area contributed by atoms with Crippen LogP contribution in [0.25, 0.3) is 0 Å². The number of amides is 1. The molecule has 5 heteroatoms. The molecule has 2 saturated carbocycles. The third-order valence-corrected chi connectivity index (χ3v) is 2.86. The first-order valence-electron chi connectivity index (χ1n) is 4.72. The summed E-state index contributed by atoms with van der Waals surface area (Å²) in [4.78, 5) is 11.3. The van der Waals surface area contributed by atoms with Gasteiger partial charge in [0.2, 0.25) is 5.91 Å². The third kappa shape index (κ3) is 2.73. The molecule has 0 radical (unpaired) electrons. The first kappa shape index (κ1) is 10.0. The van der Waals surface area contributed by atoms with Crippen molar-refractivity contribution in [1.29, 1.82) is 0 Å². The van der Waals surface area contributed by atoms with Gasteiger partial charge >= 0.3 is 0 Å². The monoisotopic (exact) mass is 215 g/mol. The topological polar surface area (TPSA) is 47.6 Å². The molecule has 0 aromatic heterocycles. The van der Waals surface area contributed by atoms with Crippen LogP contribution in [0, 0.1) is 11.8 Å². The lowest BCUT2D eigenvalue weighted by atomic mass is 10.3. The summed E-state index contributed by atoms with van der Waals surface area (Å²) in [5, 5.41) is 0. The summed E-state index contributed by atoms with van der Waals surface area (Å²) in [6.45, 7) is 3.63. The molecule has 2 aliphatic carbocycles. The Bertz CT molecular complexity index is 242. The molecule has 2 unspecified atom stereocenters. The van der Waals surface area contributed by atoms with Gasteiger partial charge in [0.05, 0.1) is 6.10 Å². The largest absolute Gasteiger partial charge is 0.286 e. The molecule has 2 rings (SSSR count). The summed E-state index contributed by atoms with van der Waals surface area (Å²) in [5.74, 6) is 0.295. The van der Waals surface area contributed by atoms with Crippen molar-refractivity contribution in [2.24, 2.45) is 11.8 Å². The van der Waals surface area contributed by atoms with Crippen LogP contribution in [0.15, 0.2) is 12.7 Å². The second-order valence-corrected chi connectivity index (χ2v) is 4.15. The smallest absolute Gasteiger partial charge is 0.248 e. The van der Waals surface area contributed by atoms with E-state index in [2.05, 4.69) is 12.1 Å². The van der Waals surface area contributed by atoms with Crippen LogP contribution in [-0.2, 0) is 13.3 Å². The molecular weight excluding hydrogens is 202 g/mol. The molecule has 4 nitrogen and oxygen atoms in total. The van der Waals surface area contributed by atoms with Gasteiger partial charge in [-0.1, -0.05) is 6.08 Å². The second-order valence-electron chi connectivity index (χ2n) is 3.66. The number of carbonyl (C=O) groups excluding carboxylic acids is 1. The Hall–Kier alpha value is -0.520. The zero-order valence-corrected chi connectivity index (χ0v) is 8.59. The van der Waals surface area contributed by atoms with Crippen molar-refractivity contribution < 1.29 is 13.3 Å². The van der Waals surface area contributed by atoms with Crippen LogP contribution in [0.1, 0.15) is 19.3 Å². The predicted octanol–water partition coefficient (Wildman–Crippen LogP) is 1.60. The van der Waals surface area contributed by atoms with Gasteiger partial charge in [0.1, 0.15) is 0 Å². The van der Waals surface area contributed by atoms with Gasteiger partial charge in [-0.05, 0) is 25.2 Å². The van der Waals surface area contributed by atoms with Gasteiger partial charge < -0.3 is 0 Å². The molecule has 0 bridgehead atoms. The van der Waals surface area contributed by atoms with E-state index in [0.29, 0.717) is 12.0 Å². The fourth-order valence-electron chi connectivity index (χ4n) is 1.15. The van der Waals surface area contributed by atoms with Gasteiger partial charge in [0, 0.05) is 5.92 Å². The van der Waals surface area contributed by atoms with Crippen molar-refractivity contribution >= 4 is 18.2 Å². The Balaban J connectivity index is 1.52. The highest BCUT2D eigenvalue weighted by Gasteiger charge is 2.40. The standard InChI is InChI=1S/C9H13NO3S/c1-2-6-5-8(6)9(11)10-13-14-12-7-3-4-7/h2,6-8H,1,3-5H2,(H,10,11). The molecule has 0 spiro atoms. The fourth-order valence-corrected chi connectivity index (χ4v) is 1.61. The van der Waals surface area contributed by atoms with Gasteiger partial charge in [-0.25, -0.2) is 5.48 Å². The molecule has 2 fully saturated rings. The number of hydrogen-bond donors (Lipinski definition) is 1. The summed E-state index contributed by atoms with van der Waals surface area (Å²) in [6.07, 6.45) is 5.18. The van der Waals surface area contributed by atoms with E-state index in [-0.39, 0.29) is 11.8 Å². The molecular formula is C9H13NO3S. The minimum absolute atomic E-state index is 0.0500. The summed E-state index contributed by atoms with van der Waals surface area (Å²) in [5.41, 5.74) is 2.34.